The first-order chi connectivity index (χ1) is 10.9. The van der Waals surface area contributed by atoms with Crippen LogP contribution in [0.1, 0.15) is 24.4 Å². The Hall–Kier alpha value is -2.24. The van der Waals surface area contributed by atoms with Crippen molar-refractivity contribution in [2.75, 3.05) is 0 Å². The fourth-order valence-corrected chi connectivity index (χ4v) is 2.83. The highest BCUT2D eigenvalue weighted by atomic mass is 35.5. The SMILES string of the molecule is Cc1c(F)cccc1-n1c([C@H](C)N)nc2cccc(Cl)c2c1=O. The molecule has 0 unspecified atom stereocenters. The summed E-state index contributed by atoms with van der Waals surface area (Å²) in [6.07, 6.45) is 0. The van der Waals surface area contributed by atoms with E-state index in [0.717, 1.165) is 0 Å². The van der Waals surface area contributed by atoms with E-state index in [0.29, 0.717) is 33.0 Å². The molecule has 3 rings (SSSR count). The Bertz CT molecular complexity index is 966. The zero-order valence-electron chi connectivity index (χ0n) is 12.7. The molecule has 23 heavy (non-hydrogen) atoms. The van der Waals surface area contributed by atoms with Gasteiger partial charge in [-0.2, -0.15) is 0 Å². The molecule has 3 aromatic rings. The van der Waals surface area contributed by atoms with Crippen LogP contribution in [0, 0.1) is 12.7 Å². The molecular formula is C17H15ClFN3O. The van der Waals surface area contributed by atoms with E-state index in [1.165, 1.54) is 10.6 Å². The molecule has 118 valence electrons. The van der Waals surface area contributed by atoms with Gasteiger partial charge in [-0.15, -0.1) is 0 Å². The lowest BCUT2D eigenvalue weighted by Crippen LogP contribution is -2.28. The first-order valence-electron chi connectivity index (χ1n) is 7.14. The molecule has 4 nitrogen and oxygen atoms in total. The standard InChI is InChI=1S/C17H15ClFN3O/c1-9-12(19)6-4-8-14(9)22-16(10(2)20)21-13-7-3-5-11(18)15(13)17(22)23/h3-8,10H,20H2,1-2H3/t10-/m0/s1. The Kier molecular flexibility index (Phi) is 3.92. The minimum absolute atomic E-state index is 0.294. The van der Waals surface area contributed by atoms with E-state index < -0.39 is 11.9 Å². The normalized spacial score (nSPS) is 12.6. The van der Waals surface area contributed by atoms with E-state index in [2.05, 4.69) is 4.98 Å². The number of hydrogen-bond donors (Lipinski definition) is 1. The van der Waals surface area contributed by atoms with Gasteiger partial charge in [0.1, 0.15) is 11.6 Å². The van der Waals surface area contributed by atoms with E-state index in [9.17, 15) is 9.18 Å². The summed E-state index contributed by atoms with van der Waals surface area (Å²) in [5.74, 6) is -0.0391. The summed E-state index contributed by atoms with van der Waals surface area (Å²) >= 11 is 6.17. The predicted octanol–water partition coefficient (Wildman–Crippen LogP) is 3.51. The quantitative estimate of drug-likeness (QED) is 0.781. The third kappa shape index (κ3) is 2.52. The fraction of sp³-hybridized carbons (Fsp3) is 0.176. The molecule has 1 atom stereocenters. The summed E-state index contributed by atoms with van der Waals surface area (Å²) in [5.41, 5.74) is 6.87. The summed E-state index contributed by atoms with van der Waals surface area (Å²) in [4.78, 5) is 17.5. The topological polar surface area (TPSA) is 60.9 Å². The smallest absolute Gasteiger partial charge is 0.267 e. The van der Waals surface area contributed by atoms with Crippen LogP contribution in [0.2, 0.25) is 5.02 Å². The lowest BCUT2D eigenvalue weighted by Gasteiger charge is -2.18. The Balaban J connectivity index is 2.51. The maximum atomic E-state index is 13.9. The van der Waals surface area contributed by atoms with Gasteiger partial charge >= 0.3 is 0 Å². The van der Waals surface area contributed by atoms with Crippen LogP contribution in [0.5, 0.6) is 0 Å². The number of halogens is 2. The van der Waals surface area contributed by atoms with Gasteiger partial charge in [0.05, 0.1) is 27.7 Å². The molecule has 0 aliphatic carbocycles. The Morgan fingerprint density at radius 1 is 1.26 bits per heavy atom. The molecule has 6 heteroatoms. The second-order valence-electron chi connectivity index (χ2n) is 5.42. The summed E-state index contributed by atoms with van der Waals surface area (Å²) in [7, 11) is 0. The monoisotopic (exact) mass is 331 g/mol. The van der Waals surface area contributed by atoms with Crippen molar-refractivity contribution in [1.29, 1.82) is 0 Å². The van der Waals surface area contributed by atoms with E-state index in [1.807, 2.05) is 0 Å². The van der Waals surface area contributed by atoms with Crippen molar-refractivity contribution in [2.24, 2.45) is 5.73 Å². The second kappa shape index (κ2) is 5.76. The average molecular weight is 332 g/mol. The number of fused-ring (bicyclic) bond motifs is 1. The largest absolute Gasteiger partial charge is 0.322 e. The van der Waals surface area contributed by atoms with Crippen molar-refractivity contribution in [3.8, 4) is 5.69 Å². The summed E-state index contributed by atoms with van der Waals surface area (Å²) in [5, 5.41) is 0.598. The predicted molar refractivity (Wildman–Crippen MR) is 89.6 cm³/mol. The van der Waals surface area contributed by atoms with E-state index in [-0.39, 0.29) is 5.56 Å². The summed E-state index contributed by atoms with van der Waals surface area (Å²) in [6, 6.07) is 9.10. The van der Waals surface area contributed by atoms with Gasteiger partial charge < -0.3 is 5.73 Å². The van der Waals surface area contributed by atoms with Crippen LogP contribution >= 0.6 is 11.6 Å². The Morgan fingerprint density at radius 2 is 1.96 bits per heavy atom. The number of benzene rings is 2. The van der Waals surface area contributed by atoms with Crippen LogP contribution < -0.4 is 11.3 Å². The number of rotatable bonds is 2. The molecule has 1 aromatic heterocycles. The minimum Gasteiger partial charge on any atom is -0.322 e. The zero-order chi connectivity index (χ0) is 16.7. The van der Waals surface area contributed by atoms with E-state index >= 15 is 0 Å². The Morgan fingerprint density at radius 3 is 2.65 bits per heavy atom. The molecule has 0 saturated heterocycles. The molecule has 0 amide bonds. The van der Waals surface area contributed by atoms with Crippen LogP contribution in [0.25, 0.3) is 16.6 Å². The van der Waals surface area contributed by atoms with Gasteiger partial charge in [-0.05, 0) is 38.1 Å². The maximum absolute atomic E-state index is 13.9. The zero-order valence-corrected chi connectivity index (χ0v) is 13.4. The van der Waals surface area contributed by atoms with Gasteiger partial charge in [-0.3, -0.25) is 9.36 Å². The molecule has 0 fully saturated rings. The third-order valence-electron chi connectivity index (χ3n) is 3.76. The highest BCUT2D eigenvalue weighted by Gasteiger charge is 2.19. The first-order valence-corrected chi connectivity index (χ1v) is 7.52. The molecular weight excluding hydrogens is 317 g/mol. The molecule has 0 spiro atoms. The lowest BCUT2D eigenvalue weighted by molar-refractivity contribution is 0.613. The van der Waals surface area contributed by atoms with Crippen LogP contribution in [0.3, 0.4) is 0 Å². The van der Waals surface area contributed by atoms with E-state index in [1.54, 1.807) is 44.2 Å². The van der Waals surface area contributed by atoms with Gasteiger partial charge in [-0.1, -0.05) is 23.7 Å². The van der Waals surface area contributed by atoms with Crippen molar-refractivity contribution >= 4 is 22.5 Å². The van der Waals surface area contributed by atoms with Crippen molar-refractivity contribution in [1.82, 2.24) is 9.55 Å². The van der Waals surface area contributed by atoms with Gasteiger partial charge in [0.25, 0.3) is 5.56 Å². The number of nitrogens with zero attached hydrogens (tertiary/aromatic N) is 2. The molecule has 2 N–H and O–H groups in total. The molecule has 0 aliphatic rings. The lowest BCUT2D eigenvalue weighted by atomic mass is 10.1. The third-order valence-corrected chi connectivity index (χ3v) is 4.07. The molecule has 0 aliphatic heterocycles. The van der Waals surface area contributed by atoms with Crippen LogP contribution in [0.4, 0.5) is 4.39 Å². The van der Waals surface area contributed by atoms with Crippen LogP contribution in [-0.2, 0) is 0 Å². The number of nitrogens with two attached hydrogens (primary N) is 1. The van der Waals surface area contributed by atoms with Gasteiger partial charge in [0, 0.05) is 5.56 Å². The molecule has 0 radical (unpaired) electrons. The van der Waals surface area contributed by atoms with Crippen LogP contribution in [0.15, 0.2) is 41.2 Å². The van der Waals surface area contributed by atoms with Gasteiger partial charge in [0.2, 0.25) is 0 Å². The second-order valence-corrected chi connectivity index (χ2v) is 5.82. The molecule has 2 aromatic carbocycles. The maximum Gasteiger partial charge on any atom is 0.267 e. The minimum atomic E-state index is -0.506. The molecule has 1 heterocycles. The number of aromatic nitrogens is 2. The van der Waals surface area contributed by atoms with Crippen molar-refractivity contribution in [2.45, 2.75) is 19.9 Å². The highest BCUT2D eigenvalue weighted by molar-refractivity contribution is 6.35. The number of hydrogen-bond acceptors (Lipinski definition) is 3. The van der Waals surface area contributed by atoms with Gasteiger partial charge in [-0.25, -0.2) is 9.37 Å². The summed E-state index contributed by atoms with van der Waals surface area (Å²) in [6.45, 7) is 3.34. The van der Waals surface area contributed by atoms with Crippen molar-refractivity contribution in [3.63, 3.8) is 0 Å². The molecule has 0 bridgehead atoms. The van der Waals surface area contributed by atoms with Gasteiger partial charge in [0.15, 0.2) is 0 Å². The highest BCUT2D eigenvalue weighted by Crippen LogP contribution is 2.24. The Labute approximate surface area is 137 Å². The molecule has 0 saturated carbocycles. The van der Waals surface area contributed by atoms with E-state index in [4.69, 9.17) is 17.3 Å². The van der Waals surface area contributed by atoms with Crippen LogP contribution in [-0.4, -0.2) is 9.55 Å². The summed E-state index contributed by atoms with van der Waals surface area (Å²) < 4.78 is 15.3. The fourth-order valence-electron chi connectivity index (χ4n) is 2.58. The average Bonchev–Trinajstić information content (AvgIpc) is 2.50. The van der Waals surface area contributed by atoms with Crippen molar-refractivity contribution in [3.05, 3.63) is 69.0 Å². The first kappa shape index (κ1) is 15.6. The van der Waals surface area contributed by atoms with Crippen molar-refractivity contribution < 1.29 is 4.39 Å².